The molecule has 2 N–H and O–H groups in total. The molecule has 212 valence electrons. The van der Waals surface area contributed by atoms with Crippen LogP contribution in [0.2, 0.25) is 0 Å². The summed E-state index contributed by atoms with van der Waals surface area (Å²) in [5.74, 6) is 1.29. The highest BCUT2D eigenvalue weighted by Crippen LogP contribution is 2.38. The minimum absolute atomic E-state index is 0.0218. The molecule has 1 saturated carbocycles. The molecule has 1 heterocycles. The first-order chi connectivity index (χ1) is 19.9. The Balaban J connectivity index is 1.52. The average molecular weight is 572 g/mol. The zero-order valence-corrected chi connectivity index (χ0v) is 23.7. The summed E-state index contributed by atoms with van der Waals surface area (Å²) in [6.45, 7) is 0. The fraction of sp³-hybridized carbons (Fsp3) is 0.250. The van der Waals surface area contributed by atoms with E-state index in [4.69, 9.17) is 15.2 Å². The van der Waals surface area contributed by atoms with Crippen molar-refractivity contribution in [3.63, 3.8) is 0 Å². The van der Waals surface area contributed by atoms with Gasteiger partial charge in [-0.05, 0) is 97.3 Å². The number of hydrogen-bond acceptors (Lipinski definition) is 6. The lowest BCUT2D eigenvalue weighted by atomic mass is 9.86. The van der Waals surface area contributed by atoms with Gasteiger partial charge in [0, 0.05) is 18.3 Å². The summed E-state index contributed by atoms with van der Waals surface area (Å²) in [6, 6.07) is 23.5. The van der Waals surface area contributed by atoms with Crippen molar-refractivity contribution in [2.45, 2.75) is 49.0 Å². The quantitative estimate of drug-likeness (QED) is 0.248. The Morgan fingerprint density at radius 3 is 2.22 bits per heavy atom. The number of sulfonamides is 1. The normalized spacial score (nSPS) is 14.4. The Morgan fingerprint density at radius 1 is 0.927 bits per heavy atom. The molecule has 0 bridgehead atoms. The van der Waals surface area contributed by atoms with Crippen molar-refractivity contribution in [1.82, 2.24) is 4.98 Å². The van der Waals surface area contributed by atoms with Crippen LogP contribution >= 0.6 is 0 Å². The van der Waals surface area contributed by atoms with Crippen molar-refractivity contribution < 1.29 is 22.7 Å². The number of amides is 2. The topological polar surface area (TPSA) is 112 Å². The number of nitrogens with zero attached hydrogens (tertiary/aromatic N) is 2. The summed E-state index contributed by atoms with van der Waals surface area (Å²) in [5, 5.41) is 0. The average Bonchev–Trinajstić information content (AvgIpc) is 3.50. The van der Waals surface area contributed by atoms with Gasteiger partial charge in [0.05, 0.1) is 23.8 Å². The van der Waals surface area contributed by atoms with E-state index < -0.39 is 16.1 Å². The highest BCUT2D eigenvalue weighted by atomic mass is 32.2. The maximum Gasteiger partial charge on any atom is 0.333 e. The number of urea groups is 1. The summed E-state index contributed by atoms with van der Waals surface area (Å²) in [6.07, 6.45) is 8.73. The molecule has 1 atom stereocenters. The van der Waals surface area contributed by atoms with Gasteiger partial charge in [-0.1, -0.05) is 36.4 Å². The summed E-state index contributed by atoms with van der Waals surface area (Å²) < 4.78 is 39.2. The monoisotopic (exact) mass is 571 g/mol. The number of methoxy groups -OCH3 is 1. The van der Waals surface area contributed by atoms with Gasteiger partial charge < -0.3 is 15.2 Å². The van der Waals surface area contributed by atoms with Crippen molar-refractivity contribution >= 4 is 21.7 Å². The lowest BCUT2D eigenvalue weighted by Gasteiger charge is -2.23. The largest absolute Gasteiger partial charge is 0.493 e. The van der Waals surface area contributed by atoms with Crippen LogP contribution < -0.4 is 19.5 Å². The molecule has 2 amide bonds. The first-order valence-corrected chi connectivity index (χ1v) is 15.0. The number of ether oxygens (including phenoxy) is 2. The van der Waals surface area contributed by atoms with Crippen molar-refractivity contribution in [2.75, 3.05) is 11.4 Å². The zero-order chi connectivity index (χ0) is 28.8. The predicted octanol–water partition coefficient (Wildman–Crippen LogP) is 6.06. The van der Waals surface area contributed by atoms with E-state index in [0.29, 0.717) is 22.2 Å². The van der Waals surface area contributed by atoms with E-state index in [1.165, 1.54) is 12.1 Å². The van der Waals surface area contributed by atoms with Crippen LogP contribution in [-0.2, 0) is 16.4 Å². The van der Waals surface area contributed by atoms with Crippen LogP contribution in [0.4, 0.5) is 10.5 Å². The van der Waals surface area contributed by atoms with Crippen LogP contribution in [-0.4, -0.2) is 32.6 Å². The number of primary amides is 1. The van der Waals surface area contributed by atoms with E-state index in [1.807, 2.05) is 42.5 Å². The van der Waals surface area contributed by atoms with E-state index in [2.05, 4.69) is 4.98 Å². The summed E-state index contributed by atoms with van der Waals surface area (Å²) in [7, 11) is -2.55. The minimum Gasteiger partial charge on any atom is -0.493 e. The molecule has 4 aromatic rings. The molecule has 0 spiro atoms. The lowest BCUT2D eigenvalue weighted by Crippen LogP contribution is -2.40. The number of anilines is 1. The molecule has 41 heavy (non-hydrogen) atoms. The Hall–Kier alpha value is -4.37. The first kappa shape index (κ1) is 28.2. The summed E-state index contributed by atoms with van der Waals surface area (Å²) in [4.78, 5) is 16.5. The zero-order valence-electron chi connectivity index (χ0n) is 22.8. The van der Waals surface area contributed by atoms with Gasteiger partial charge in [-0.3, -0.25) is 4.98 Å². The second-order valence-electron chi connectivity index (χ2n) is 10.1. The smallest absolute Gasteiger partial charge is 0.333 e. The Labute approximate surface area is 240 Å². The Bertz CT molecular complexity index is 1570. The standard InChI is InChI=1S/C32H33N3O5S/c1-39-30-16-13-25(22-31(30)40-27-7-5-6-8-27)29(21-23-17-19-34-20-18-23)24-11-14-26(15-12-24)35(32(33)36)41(37,38)28-9-3-2-4-10-28/h2-4,9-20,22,27,29H,5-8,21H2,1H3,(H2,33,36). The highest BCUT2D eigenvalue weighted by Gasteiger charge is 2.30. The SMILES string of the molecule is COc1ccc(C(Cc2ccncc2)c2ccc(N(C(N)=O)S(=O)(=O)c3ccccc3)cc2)cc1OC1CCCC1. The van der Waals surface area contributed by atoms with Crippen molar-refractivity contribution in [3.8, 4) is 11.5 Å². The van der Waals surface area contributed by atoms with Gasteiger partial charge >= 0.3 is 6.03 Å². The van der Waals surface area contributed by atoms with Gasteiger partial charge in [-0.25, -0.2) is 13.2 Å². The fourth-order valence-corrected chi connectivity index (χ4v) is 6.64. The predicted molar refractivity (Wildman–Crippen MR) is 158 cm³/mol. The number of aromatic nitrogens is 1. The number of hydrogen-bond donors (Lipinski definition) is 1. The molecule has 0 radical (unpaired) electrons. The highest BCUT2D eigenvalue weighted by molar-refractivity contribution is 7.93. The Kier molecular flexibility index (Phi) is 8.54. The third-order valence-electron chi connectivity index (χ3n) is 7.39. The molecular weight excluding hydrogens is 538 g/mol. The number of carbonyl (C=O) groups is 1. The van der Waals surface area contributed by atoms with E-state index in [9.17, 15) is 13.2 Å². The van der Waals surface area contributed by atoms with Crippen molar-refractivity contribution in [1.29, 1.82) is 0 Å². The third kappa shape index (κ3) is 6.36. The molecule has 1 aromatic heterocycles. The number of carbonyl (C=O) groups excluding carboxylic acids is 1. The van der Waals surface area contributed by atoms with Gasteiger partial charge in [0.25, 0.3) is 10.0 Å². The molecule has 1 unspecified atom stereocenters. The summed E-state index contributed by atoms with van der Waals surface area (Å²) in [5.41, 5.74) is 8.78. The minimum atomic E-state index is -4.19. The molecule has 0 saturated heterocycles. The van der Waals surface area contributed by atoms with E-state index in [1.54, 1.807) is 49.8 Å². The maximum absolute atomic E-state index is 13.3. The van der Waals surface area contributed by atoms with Crippen LogP contribution in [0, 0.1) is 0 Å². The van der Waals surface area contributed by atoms with Crippen LogP contribution in [0.15, 0.2) is 102 Å². The van der Waals surface area contributed by atoms with Crippen LogP contribution in [0.25, 0.3) is 0 Å². The van der Waals surface area contributed by atoms with E-state index in [0.717, 1.165) is 42.4 Å². The third-order valence-corrected chi connectivity index (χ3v) is 9.13. The molecule has 0 aliphatic heterocycles. The number of rotatable bonds is 10. The molecule has 1 fully saturated rings. The van der Waals surface area contributed by atoms with Gasteiger partial charge in [-0.2, -0.15) is 4.31 Å². The van der Waals surface area contributed by atoms with Crippen molar-refractivity contribution in [2.24, 2.45) is 5.73 Å². The van der Waals surface area contributed by atoms with Gasteiger partial charge in [0.15, 0.2) is 11.5 Å². The second kappa shape index (κ2) is 12.4. The van der Waals surface area contributed by atoms with E-state index >= 15 is 0 Å². The molecule has 5 rings (SSSR count). The lowest BCUT2D eigenvalue weighted by molar-refractivity contribution is 0.200. The number of pyridine rings is 1. The number of nitrogens with two attached hydrogens (primary N) is 1. The molecule has 1 aliphatic carbocycles. The number of benzene rings is 3. The van der Waals surface area contributed by atoms with Crippen LogP contribution in [0.5, 0.6) is 11.5 Å². The first-order valence-electron chi connectivity index (χ1n) is 13.6. The molecule has 1 aliphatic rings. The van der Waals surface area contributed by atoms with Gasteiger partial charge in [0.2, 0.25) is 0 Å². The fourth-order valence-electron chi connectivity index (χ4n) is 5.29. The molecular formula is C32H33N3O5S. The second-order valence-corrected chi connectivity index (χ2v) is 11.8. The van der Waals surface area contributed by atoms with Gasteiger partial charge in [-0.15, -0.1) is 0 Å². The van der Waals surface area contributed by atoms with Crippen molar-refractivity contribution in [3.05, 3.63) is 114 Å². The maximum atomic E-state index is 13.3. The Morgan fingerprint density at radius 2 is 1.59 bits per heavy atom. The van der Waals surface area contributed by atoms with Gasteiger partial charge in [0.1, 0.15) is 0 Å². The van der Waals surface area contributed by atoms with Crippen LogP contribution in [0.3, 0.4) is 0 Å². The summed E-state index contributed by atoms with van der Waals surface area (Å²) >= 11 is 0. The van der Waals surface area contributed by atoms with Crippen LogP contribution in [0.1, 0.15) is 48.3 Å². The van der Waals surface area contributed by atoms with E-state index in [-0.39, 0.29) is 22.6 Å². The molecule has 9 heteroatoms. The molecule has 8 nitrogen and oxygen atoms in total. The molecule has 3 aromatic carbocycles.